The highest BCUT2D eigenvalue weighted by Gasteiger charge is 2.41. The Balaban J connectivity index is 1.85. The molecule has 0 aromatic heterocycles. The molecule has 1 N–H and O–H groups in total. The topological polar surface area (TPSA) is 85.6 Å². The van der Waals surface area contributed by atoms with Crippen LogP contribution in [0.5, 0.6) is 0 Å². The smallest absolute Gasteiger partial charge is 0.335 e. The Hall–Kier alpha value is -3.13. The predicted molar refractivity (Wildman–Crippen MR) is 96.0 cm³/mol. The predicted octanol–water partition coefficient (Wildman–Crippen LogP) is 3.06. The van der Waals surface area contributed by atoms with Gasteiger partial charge in [-0.1, -0.05) is 24.3 Å². The lowest BCUT2D eigenvalue weighted by molar-refractivity contribution is -0.119. The number of para-hydroxylation sites is 1. The molecule has 3 rings (SSSR count). The molecule has 7 nitrogen and oxygen atoms in total. The first kappa shape index (κ1) is 16.7. The average Bonchev–Trinajstić information content (AvgIpc) is 2.83. The number of rotatable bonds is 4. The molecular formula is C17H14N4O3S. The van der Waals surface area contributed by atoms with Crippen molar-refractivity contribution in [1.82, 2.24) is 4.90 Å². The molecule has 1 aliphatic heterocycles. The van der Waals surface area contributed by atoms with Gasteiger partial charge in [-0.3, -0.25) is 9.69 Å². The van der Waals surface area contributed by atoms with Crippen LogP contribution in [0.25, 0.3) is 0 Å². The molecule has 1 aliphatic rings. The molecule has 2 aromatic rings. The number of hydrogen-bond donors (Lipinski definition) is 1. The zero-order valence-corrected chi connectivity index (χ0v) is 14.1. The minimum Gasteiger partial charge on any atom is -0.478 e. The molecule has 1 atom stereocenters. The summed E-state index contributed by atoms with van der Waals surface area (Å²) in [5.74, 6) is -1.36. The van der Waals surface area contributed by atoms with Gasteiger partial charge < -0.3 is 10.0 Å². The Kier molecular flexibility index (Phi) is 4.53. The van der Waals surface area contributed by atoms with E-state index < -0.39 is 12.1 Å². The van der Waals surface area contributed by atoms with Crippen LogP contribution in [-0.4, -0.2) is 40.2 Å². The van der Waals surface area contributed by atoms with E-state index in [2.05, 4.69) is 10.2 Å². The number of hydrogen-bond acceptors (Lipinski definition) is 5. The standard InChI is InChI=1S/C17H14N4O3S/c1-20-14(19-18-12-7-5-6-11(10-12)16(23)24)15(22)21(17(20)25)13-8-3-2-4-9-13/h2-10,14H,1H3,(H,23,24)/t14-/m1/s1. The summed E-state index contributed by atoms with van der Waals surface area (Å²) in [5, 5.41) is 17.4. The van der Waals surface area contributed by atoms with Crippen LogP contribution in [-0.2, 0) is 4.79 Å². The summed E-state index contributed by atoms with van der Waals surface area (Å²) in [6.45, 7) is 0. The van der Waals surface area contributed by atoms with Gasteiger partial charge in [0.15, 0.2) is 5.11 Å². The number of carbonyl (C=O) groups is 2. The van der Waals surface area contributed by atoms with E-state index in [0.717, 1.165) is 0 Å². The highest BCUT2D eigenvalue weighted by Crippen LogP contribution is 2.26. The van der Waals surface area contributed by atoms with Crippen LogP contribution < -0.4 is 4.90 Å². The van der Waals surface area contributed by atoms with Crippen molar-refractivity contribution in [3.05, 3.63) is 60.2 Å². The zero-order valence-electron chi connectivity index (χ0n) is 13.2. The summed E-state index contributed by atoms with van der Waals surface area (Å²) in [6.07, 6.45) is -0.888. The molecule has 126 valence electrons. The number of carboxylic acids is 1. The van der Waals surface area contributed by atoms with Gasteiger partial charge in [-0.05, 0) is 42.5 Å². The number of carboxylic acid groups (broad SMARTS) is 1. The molecule has 2 aromatic carbocycles. The van der Waals surface area contributed by atoms with Gasteiger partial charge in [0.05, 0.1) is 16.9 Å². The summed E-state index contributed by atoms with van der Waals surface area (Å²) in [5.41, 5.74) is 1.11. The molecule has 0 bridgehead atoms. The fourth-order valence-corrected chi connectivity index (χ4v) is 2.70. The first-order valence-corrected chi connectivity index (χ1v) is 7.80. The third kappa shape index (κ3) is 3.24. The fraction of sp³-hybridized carbons (Fsp3) is 0.118. The van der Waals surface area contributed by atoms with Gasteiger partial charge in [-0.15, -0.1) is 0 Å². The van der Waals surface area contributed by atoms with Crippen molar-refractivity contribution in [2.45, 2.75) is 6.17 Å². The van der Waals surface area contributed by atoms with Crippen molar-refractivity contribution in [2.24, 2.45) is 10.2 Å². The lowest BCUT2D eigenvalue weighted by Crippen LogP contribution is -2.30. The van der Waals surface area contributed by atoms with Gasteiger partial charge in [-0.25, -0.2) is 4.79 Å². The number of azo groups is 1. The normalized spacial score (nSPS) is 17.6. The van der Waals surface area contributed by atoms with Crippen LogP contribution in [0.1, 0.15) is 10.4 Å². The molecule has 1 heterocycles. The number of amides is 1. The molecule has 1 fully saturated rings. The van der Waals surface area contributed by atoms with E-state index in [1.165, 1.54) is 17.0 Å². The molecule has 25 heavy (non-hydrogen) atoms. The summed E-state index contributed by atoms with van der Waals surface area (Å²) >= 11 is 5.34. The second-order valence-corrected chi connectivity index (χ2v) is 5.71. The van der Waals surface area contributed by atoms with Crippen LogP contribution in [0.3, 0.4) is 0 Å². The van der Waals surface area contributed by atoms with E-state index in [1.54, 1.807) is 36.2 Å². The van der Waals surface area contributed by atoms with Gasteiger partial charge in [0, 0.05) is 7.05 Å². The fourth-order valence-electron chi connectivity index (χ4n) is 2.40. The molecule has 1 amide bonds. The van der Waals surface area contributed by atoms with Crippen molar-refractivity contribution < 1.29 is 14.7 Å². The number of nitrogens with zero attached hydrogens (tertiary/aromatic N) is 4. The Morgan fingerprint density at radius 3 is 2.56 bits per heavy atom. The average molecular weight is 354 g/mol. The van der Waals surface area contributed by atoms with Crippen LogP contribution in [0.15, 0.2) is 64.8 Å². The van der Waals surface area contributed by atoms with Gasteiger partial charge in [-0.2, -0.15) is 10.2 Å². The second-order valence-electron chi connectivity index (χ2n) is 5.35. The number of likely N-dealkylation sites (N-methyl/N-ethyl adjacent to an activating group) is 1. The Labute approximate surface area is 149 Å². The van der Waals surface area contributed by atoms with Gasteiger partial charge in [0.25, 0.3) is 5.91 Å². The van der Waals surface area contributed by atoms with Gasteiger partial charge >= 0.3 is 5.97 Å². The minimum atomic E-state index is -1.05. The third-order valence-electron chi connectivity index (χ3n) is 3.69. The summed E-state index contributed by atoms with van der Waals surface area (Å²) in [4.78, 5) is 26.6. The molecule has 8 heteroatoms. The van der Waals surface area contributed by atoms with E-state index in [1.807, 2.05) is 18.2 Å². The van der Waals surface area contributed by atoms with Crippen LogP contribution in [0.4, 0.5) is 11.4 Å². The molecule has 0 radical (unpaired) electrons. The summed E-state index contributed by atoms with van der Waals surface area (Å²) in [7, 11) is 1.67. The lowest BCUT2D eigenvalue weighted by atomic mass is 10.2. The lowest BCUT2D eigenvalue weighted by Gasteiger charge is -2.16. The first-order valence-electron chi connectivity index (χ1n) is 7.39. The molecule has 0 unspecified atom stereocenters. The maximum absolute atomic E-state index is 12.7. The SMILES string of the molecule is CN1C(=S)N(c2ccccc2)C(=O)[C@@H]1N=Nc1cccc(C(=O)O)c1. The highest BCUT2D eigenvalue weighted by molar-refractivity contribution is 7.80. The maximum atomic E-state index is 12.7. The van der Waals surface area contributed by atoms with Crippen LogP contribution in [0, 0.1) is 0 Å². The Morgan fingerprint density at radius 2 is 1.88 bits per heavy atom. The molecule has 0 spiro atoms. The zero-order chi connectivity index (χ0) is 18.0. The van der Waals surface area contributed by atoms with Crippen molar-refractivity contribution in [1.29, 1.82) is 0 Å². The minimum absolute atomic E-state index is 0.101. The van der Waals surface area contributed by atoms with E-state index in [0.29, 0.717) is 16.5 Å². The van der Waals surface area contributed by atoms with Crippen LogP contribution >= 0.6 is 12.2 Å². The van der Waals surface area contributed by atoms with E-state index in [9.17, 15) is 9.59 Å². The maximum Gasteiger partial charge on any atom is 0.335 e. The Morgan fingerprint density at radius 1 is 1.16 bits per heavy atom. The summed E-state index contributed by atoms with van der Waals surface area (Å²) < 4.78 is 0. The third-order valence-corrected chi connectivity index (χ3v) is 4.16. The van der Waals surface area contributed by atoms with E-state index >= 15 is 0 Å². The molecule has 1 saturated heterocycles. The molecule has 0 aliphatic carbocycles. The summed E-state index contributed by atoms with van der Waals surface area (Å²) in [6, 6.07) is 15.1. The number of benzene rings is 2. The van der Waals surface area contributed by atoms with Crippen molar-refractivity contribution in [3.8, 4) is 0 Å². The molecular weight excluding hydrogens is 340 g/mol. The number of thiocarbonyl (C=S) groups is 1. The number of anilines is 1. The van der Waals surface area contributed by atoms with Crippen molar-refractivity contribution in [2.75, 3.05) is 11.9 Å². The quantitative estimate of drug-likeness (QED) is 0.674. The van der Waals surface area contributed by atoms with Gasteiger partial charge in [0.2, 0.25) is 6.17 Å². The number of carbonyl (C=O) groups excluding carboxylic acids is 1. The van der Waals surface area contributed by atoms with Crippen LogP contribution in [0.2, 0.25) is 0 Å². The van der Waals surface area contributed by atoms with Crippen molar-refractivity contribution >= 4 is 40.6 Å². The highest BCUT2D eigenvalue weighted by atomic mass is 32.1. The van der Waals surface area contributed by atoms with E-state index in [4.69, 9.17) is 17.3 Å². The second kappa shape index (κ2) is 6.78. The number of aromatic carboxylic acids is 1. The molecule has 0 saturated carbocycles. The van der Waals surface area contributed by atoms with Gasteiger partial charge in [0.1, 0.15) is 0 Å². The monoisotopic (exact) mass is 354 g/mol. The Bertz CT molecular complexity index is 869. The first-order chi connectivity index (χ1) is 12.0. The van der Waals surface area contributed by atoms with E-state index in [-0.39, 0.29) is 11.5 Å². The largest absolute Gasteiger partial charge is 0.478 e. The van der Waals surface area contributed by atoms with Crippen molar-refractivity contribution in [3.63, 3.8) is 0 Å².